The number of rotatable bonds is 0. The van der Waals surface area contributed by atoms with Crippen molar-refractivity contribution >= 4 is 0 Å². The topological polar surface area (TPSA) is 0 Å². The third-order valence-electron chi connectivity index (χ3n) is 4.42. The molecule has 0 nitrogen and oxygen atoms in total. The highest BCUT2D eigenvalue weighted by molar-refractivity contribution is 5.07. The van der Waals surface area contributed by atoms with E-state index >= 15 is 0 Å². The standard InChI is InChI=1S/C6H12.C6H10.2C6H8/c4*1-2-4-6-5-3-1/h1-6H2;1-2H,3-6H2;1-2,5-6H,3-4H2;1-4H,5-6H2. The molecule has 0 radical (unpaired) electrons. The molecular formula is C24H38. The van der Waals surface area contributed by atoms with E-state index < -0.39 is 0 Å². The second-order valence-electron chi connectivity index (χ2n) is 6.73. The summed E-state index contributed by atoms with van der Waals surface area (Å²) in [6.07, 6.45) is 41.0. The first-order chi connectivity index (χ1) is 12.0. The number of hydrogen-bond acceptors (Lipinski definition) is 0. The van der Waals surface area contributed by atoms with E-state index in [1.54, 1.807) is 0 Å². The van der Waals surface area contributed by atoms with Crippen LogP contribution in [0, 0.1) is 0 Å². The molecule has 0 saturated heterocycles. The fraction of sp³-hybridized carbons (Fsp3) is 0.583. The fourth-order valence-electron chi connectivity index (χ4n) is 2.90. The first kappa shape index (κ1) is 20.7. The molecule has 0 aliphatic heterocycles. The maximum absolute atomic E-state index is 2.27. The maximum atomic E-state index is 2.27. The number of allylic oxidation sites excluding steroid dienone is 10. The van der Waals surface area contributed by atoms with Crippen LogP contribution in [0.1, 0.15) is 89.9 Å². The minimum Gasteiger partial charge on any atom is -0.0885 e. The molecule has 0 unspecified atom stereocenters. The Morgan fingerprint density at radius 3 is 0.833 bits per heavy atom. The summed E-state index contributed by atoms with van der Waals surface area (Å²) < 4.78 is 0. The Kier molecular flexibility index (Phi) is 15.6. The van der Waals surface area contributed by atoms with E-state index in [2.05, 4.69) is 60.8 Å². The summed E-state index contributed by atoms with van der Waals surface area (Å²) in [5.41, 5.74) is 0. The van der Waals surface area contributed by atoms with Gasteiger partial charge in [0.15, 0.2) is 0 Å². The third-order valence-corrected chi connectivity index (χ3v) is 4.42. The summed E-state index contributed by atoms with van der Waals surface area (Å²) in [7, 11) is 0. The molecule has 1 saturated carbocycles. The highest BCUT2D eigenvalue weighted by Crippen LogP contribution is 2.15. The molecule has 0 N–H and O–H groups in total. The zero-order valence-electron chi connectivity index (χ0n) is 15.7. The zero-order chi connectivity index (χ0) is 17.0. The van der Waals surface area contributed by atoms with Crippen LogP contribution in [-0.2, 0) is 0 Å². The van der Waals surface area contributed by atoms with Crippen LogP contribution >= 0.6 is 0 Å². The van der Waals surface area contributed by atoms with Gasteiger partial charge in [-0.05, 0) is 51.4 Å². The normalized spacial score (nSPS) is 20.7. The molecule has 0 heterocycles. The van der Waals surface area contributed by atoms with Crippen LogP contribution < -0.4 is 0 Å². The van der Waals surface area contributed by atoms with E-state index in [4.69, 9.17) is 0 Å². The molecule has 0 aromatic heterocycles. The van der Waals surface area contributed by atoms with Crippen molar-refractivity contribution in [2.75, 3.05) is 0 Å². The van der Waals surface area contributed by atoms with Crippen LogP contribution in [0.15, 0.2) is 60.8 Å². The first-order valence-electron chi connectivity index (χ1n) is 10.3. The molecule has 0 heteroatoms. The van der Waals surface area contributed by atoms with Crippen molar-refractivity contribution in [3.63, 3.8) is 0 Å². The van der Waals surface area contributed by atoms with Crippen LogP contribution in [-0.4, -0.2) is 0 Å². The van der Waals surface area contributed by atoms with Gasteiger partial charge in [-0.2, -0.15) is 0 Å². The van der Waals surface area contributed by atoms with Crippen molar-refractivity contribution < 1.29 is 0 Å². The lowest BCUT2D eigenvalue weighted by molar-refractivity contribution is 0.504. The van der Waals surface area contributed by atoms with Crippen molar-refractivity contribution in [2.24, 2.45) is 0 Å². The molecule has 0 bridgehead atoms. The molecule has 0 amide bonds. The number of hydrogen-bond donors (Lipinski definition) is 0. The second-order valence-corrected chi connectivity index (χ2v) is 6.73. The Labute approximate surface area is 151 Å². The molecule has 4 rings (SSSR count). The quantitative estimate of drug-likeness (QED) is 0.393. The predicted octanol–water partition coefficient (Wildman–Crippen LogP) is 8.24. The van der Waals surface area contributed by atoms with Crippen LogP contribution in [0.2, 0.25) is 0 Å². The monoisotopic (exact) mass is 326 g/mol. The van der Waals surface area contributed by atoms with Crippen molar-refractivity contribution in [1.29, 1.82) is 0 Å². The van der Waals surface area contributed by atoms with Gasteiger partial charge in [0.2, 0.25) is 0 Å². The van der Waals surface area contributed by atoms with Crippen molar-refractivity contribution in [3.05, 3.63) is 60.8 Å². The largest absolute Gasteiger partial charge is 0.0885 e. The van der Waals surface area contributed by atoms with Crippen LogP contribution in [0.25, 0.3) is 0 Å². The van der Waals surface area contributed by atoms with E-state index in [1.807, 2.05) is 0 Å². The van der Waals surface area contributed by atoms with Crippen molar-refractivity contribution in [2.45, 2.75) is 89.9 Å². The summed E-state index contributed by atoms with van der Waals surface area (Å²) in [5, 5.41) is 0. The summed E-state index contributed by atoms with van der Waals surface area (Å²) in [6.45, 7) is 0. The van der Waals surface area contributed by atoms with Gasteiger partial charge in [0.05, 0.1) is 0 Å². The Bertz CT molecular complexity index is 334. The highest BCUT2D eigenvalue weighted by Gasteiger charge is 1.95. The van der Waals surface area contributed by atoms with Gasteiger partial charge in [0.1, 0.15) is 0 Å². The SMILES string of the molecule is C1=CCC=CC1.C1=CCCC=C1.C1=CCCCC1.C1CCCCC1. The smallest absolute Gasteiger partial charge is 0.0169 e. The molecule has 4 aliphatic carbocycles. The van der Waals surface area contributed by atoms with Crippen molar-refractivity contribution in [1.82, 2.24) is 0 Å². The van der Waals surface area contributed by atoms with E-state index in [0.29, 0.717) is 0 Å². The van der Waals surface area contributed by atoms with Gasteiger partial charge in [-0.15, -0.1) is 0 Å². The lowest BCUT2D eigenvalue weighted by Crippen LogP contribution is -1.85. The van der Waals surface area contributed by atoms with Gasteiger partial charge in [-0.3, -0.25) is 0 Å². The van der Waals surface area contributed by atoms with E-state index in [9.17, 15) is 0 Å². The van der Waals surface area contributed by atoms with E-state index in [1.165, 1.54) is 77.0 Å². The van der Waals surface area contributed by atoms with Gasteiger partial charge in [-0.25, -0.2) is 0 Å². The van der Waals surface area contributed by atoms with E-state index in [0.717, 1.165) is 12.8 Å². The van der Waals surface area contributed by atoms with Crippen LogP contribution in [0.5, 0.6) is 0 Å². The summed E-state index contributed by atoms with van der Waals surface area (Å²) in [4.78, 5) is 0. The minimum absolute atomic E-state index is 1.14. The average molecular weight is 327 g/mol. The van der Waals surface area contributed by atoms with Gasteiger partial charge in [0, 0.05) is 0 Å². The lowest BCUT2D eigenvalue weighted by atomic mass is 10.0. The predicted molar refractivity (Wildman–Crippen MR) is 110 cm³/mol. The second kappa shape index (κ2) is 18.0. The van der Waals surface area contributed by atoms with Crippen LogP contribution in [0.3, 0.4) is 0 Å². The molecule has 1 fully saturated rings. The Balaban J connectivity index is 0.000000160. The molecule has 0 spiro atoms. The Hall–Kier alpha value is -1.30. The van der Waals surface area contributed by atoms with Crippen molar-refractivity contribution in [3.8, 4) is 0 Å². The third kappa shape index (κ3) is 15.6. The minimum atomic E-state index is 1.14. The summed E-state index contributed by atoms with van der Waals surface area (Å²) in [5.74, 6) is 0. The molecule has 4 aliphatic rings. The van der Waals surface area contributed by atoms with Gasteiger partial charge in [-0.1, -0.05) is 99.3 Å². The lowest BCUT2D eigenvalue weighted by Gasteiger charge is -2.05. The van der Waals surface area contributed by atoms with E-state index in [-0.39, 0.29) is 0 Å². The van der Waals surface area contributed by atoms with Crippen LogP contribution in [0.4, 0.5) is 0 Å². The van der Waals surface area contributed by atoms with Gasteiger partial charge < -0.3 is 0 Å². The molecule has 0 aromatic rings. The Morgan fingerprint density at radius 1 is 0.292 bits per heavy atom. The average Bonchev–Trinajstić information content (AvgIpc) is 2.75. The molecule has 0 atom stereocenters. The maximum Gasteiger partial charge on any atom is -0.0169 e. The van der Waals surface area contributed by atoms with Gasteiger partial charge >= 0.3 is 0 Å². The molecule has 0 aromatic carbocycles. The highest BCUT2D eigenvalue weighted by atomic mass is 14.0. The Morgan fingerprint density at radius 2 is 0.667 bits per heavy atom. The molecule has 24 heavy (non-hydrogen) atoms. The summed E-state index contributed by atoms with van der Waals surface area (Å²) >= 11 is 0. The molecule has 134 valence electrons. The summed E-state index contributed by atoms with van der Waals surface area (Å²) in [6, 6.07) is 0. The van der Waals surface area contributed by atoms with Gasteiger partial charge in [0.25, 0.3) is 0 Å². The first-order valence-corrected chi connectivity index (χ1v) is 10.3. The fourth-order valence-corrected chi connectivity index (χ4v) is 2.90. The zero-order valence-corrected chi connectivity index (χ0v) is 15.7. The molecular weight excluding hydrogens is 288 g/mol.